The van der Waals surface area contributed by atoms with E-state index in [-0.39, 0.29) is 6.10 Å². The van der Waals surface area contributed by atoms with Crippen LogP contribution in [0.3, 0.4) is 0 Å². The average Bonchev–Trinajstić information content (AvgIpc) is 2.28. The number of benzene rings is 1. The van der Waals surface area contributed by atoms with Gasteiger partial charge in [0.1, 0.15) is 5.75 Å². The van der Waals surface area contributed by atoms with E-state index in [2.05, 4.69) is 6.07 Å². The minimum absolute atomic E-state index is 0.293. The Morgan fingerprint density at radius 3 is 2.88 bits per heavy atom. The van der Waals surface area contributed by atoms with Crippen molar-refractivity contribution in [3.8, 4) is 5.75 Å². The van der Waals surface area contributed by atoms with Gasteiger partial charge < -0.3 is 14.6 Å². The lowest BCUT2D eigenvalue weighted by Crippen LogP contribution is -2.37. The smallest absolute Gasteiger partial charge is 0.124 e. The molecule has 0 aromatic heterocycles. The van der Waals surface area contributed by atoms with Crippen molar-refractivity contribution >= 4 is 0 Å². The Morgan fingerprint density at radius 1 is 1.47 bits per heavy atom. The molecule has 0 radical (unpaired) electrons. The third-order valence-corrected chi connectivity index (χ3v) is 3.42. The lowest BCUT2D eigenvalue weighted by atomic mass is 9.85. The Bertz CT molecular complexity index is 402. The lowest BCUT2D eigenvalue weighted by molar-refractivity contribution is -0.113. The van der Waals surface area contributed by atoms with E-state index in [0.29, 0.717) is 19.4 Å². The van der Waals surface area contributed by atoms with Gasteiger partial charge in [0.25, 0.3) is 0 Å². The average molecular weight is 236 g/mol. The number of methoxy groups -OCH3 is 1. The fourth-order valence-corrected chi connectivity index (χ4v) is 2.45. The highest BCUT2D eigenvalue weighted by Gasteiger charge is 2.36. The van der Waals surface area contributed by atoms with Crippen LogP contribution in [0.15, 0.2) is 18.2 Å². The molecule has 1 fully saturated rings. The van der Waals surface area contributed by atoms with Crippen LogP contribution < -0.4 is 4.74 Å². The molecular weight excluding hydrogens is 216 g/mol. The SMILES string of the molecule is COc1ccc(C)cc1C1(C)CC(O)CCO1. The predicted molar refractivity (Wildman–Crippen MR) is 66.3 cm³/mol. The quantitative estimate of drug-likeness (QED) is 0.857. The maximum absolute atomic E-state index is 9.82. The molecule has 94 valence electrons. The van der Waals surface area contributed by atoms with Gasteiger partial charge in [0.15, 0.2) is 0 Å². The van der Waals surface area contributed by atoms with E-state index >= 15 is 0 Å². The van der Waals surface area contributed by atoms with Crippen molar-refractivity contribution < 1.29 is 14.6 Å². The summed E-state index contributed by atoms with van der Waals surface area (Å²) < 4.78 is 11.3. The number of hydrogen-bond donors (Lipinski definition) is 1. The normalized spacial score (nSPS) is 29.1. The molecule has 2 rings (SSSR count). The van der Waals surface area contributed by atoms with E-state index < -0.39 is 5.60 Å². The van der Waals surface area contributed by atoms with E-state index in [1.807, 2.05) is 26.0 Å². The minimum atomic E-state index is -0.449. The van der Waals surface area contributed by atoms with Crippen molar-refractivity contribution in [2.75, 3.05) is 13.7 Å². The molecule has 0 saturated carbocycles. The molecule has 1 aliphatic heterocycles. The van der Waals surface area contributed by atoms with Gasteiger partial charge in [-0.1, -0.05) is 11.6 Å². The van der Waals surface area contributed by atoms with Gasteiger partial charge in [-0.25, -0.2) is 0 Å². The Balaban J connectivity index is 2.40. The van der Waals surface area contributed by atoms with Gasteiger partial charge in [-0.15, -0.1) is 0 Å². The number of hydrogen-bond acceptors (Lipinski definition) is 3. The second-order valence-corrected chi connectivity index (χ2v) is 4.93. The molecule has 1 aromatic rings. The first-order valence-corrected chi connectivity index (χ1v) is 6.02. The van der Waals surface area contributed by atoms with Crippen molar-refractivity contribution in [3.05, 3.63) is 29.3 Å². The van der Waals surface area contributed by atoms with E-state index in [1.165, 1.54) is 5.56 Å². The Kier molecular flexibility index (Phi) is 3.40. The Hall–Kier alpha value is -1.06. The van der Waals surface area contributed by atoms with Crippen LogP contribution in [0, 0.1) is 6.92 Å². The van der Waals surface area contributed by atoms with E-state index in [9.17, 15) is 5.11 Å². The van der Waals surface area contributed by atoms with Crippen LogP contribution in [0.25, 0.3) is 0 Å². The first-order valence-electron chi connectivity index (χ1n) is 6.02. The Morgan fingerprint density at radius 2 is 2.24 bits per heavy atom. The van der Waals surface area contributed by atoms with Crippen LogP contribution >= 0.6 is 0 Å². The summed E-state index contributed by atoms with van der Waals surface area (Å²) >= 11 is 0. The maximum Gasteiger partial charge on any atom is 0.124 e. The molecule has 0 spiro atoms. The molecule has 1 aliphatic rings. The van der Waals surface area contributed by atoms with Crippen molar-refractivity contribution in [1.29, 1.82) is 0 Å². The molecule has 1 aromatic carbocycles. The topological polar surface area (TPSA) is 38.7 Å². The minimum Gasteiger partial charge on any atom is -0.496 e. The van der Waals surface area contributed by atoms with Crippen LogP contribution in [-0.2, 0) is 10.3 Å². The summed E-state index contributed by atoms with van der Waals surface area (Å²) in [6, 6.07) is 6.06. The summed E-state index contributed by atoms with van der Waals surface area (Å²) in [7, 11) is 1.66. The zero-order chi connectivity index (χ0) is 12.5. The molecule has 1 N–H and O–H groups in total. The summed E-state index contributed by atoms with van der Waals surface area (Å²) in [6.07, 6.45) is 1.04. The van der Waals surface area contributed by atoms with Gasteiger partial charge in [-0.05, 0) is 32.4 Å². The third kappa shape index (κ3) is 2.45. The maximum atomic E-state index is 9.82. The summed E-state index contributed by atoms with van der Waals surface area (Å²) in [5, 5.41) is 9.82. The number of ether oxygens (including phenoxy) is 2. The fourth-order valence-electron chi connectivity index (χ4n) is 2.45. The van der Waals surface area contributed by atoms with Crippen LogP contribution in [-0.4, -0.2) is 24.9 Å². The number of aliphatic hydroxyl groups is 1. The molecule has 1 heterocycles. The molecule has 1 saturated heterocycles. The van der Waals surface area contributed by atoms with Crippen LogP contribution in [0.5, 0.6) is 5.75 Å². The standard InChI is InChI=1S/C14H20O3/c1-10-4-5-13(16-3)12(8-10)14(2)9-11(15)6-7-17-14/h4-5,8,11,15H,6-7,9H2,1-3H3. The van der Waals surface area contributed by atoms with Gasteiger partial charge in [0.05, 0.1) is 25.4 Å². The zero-order valence-electron chi connectivity index (χ0n) is 10.7. The molecule has 0 aliphatic carbocycles. The third-order valence-electron chi connectivity index (χ3n) is 3.42. The number of aryl methyl sites for hydroxylation is 1. The van der Waals surface area contributed by atoms with Crippen LogP contribution in [0.1, 0.15) is 30.9 Å². The highest BCUT2D eigenvalue weighted by atomic mass is 16.5. The van der Waals surface area contributed by atoms with Gasteiger partial charge in [-0.3, -0.25) is 0 Å². The summed E-state index contributed by atoms with van der Waals surface area (Å²) in [5.74, 6) is 0.826. The van der Waals surface area contributed by atoms with E-state index in [0.717, 1.165) is 11.3 Å². The van der Waals surface area contributed by atoms with Gasteiger partial charge in [0, 0.05) is 12.0 Å². The van der Waals surface area contributed by atoms with E-state index in [1.54, 1.807) is 7.11 Å². The fraction of sp³-hybridized carbons (Fsp3) is 0.571. The predicted octanol–water partition coefficient (Wildman–Crippen LogP) is 2.39. The van der Waals surface area contributed by atoms with E-state index in [4.69, 9.17) is 9.47 Å². The van der Waals surface area contributed by atoms with Crippen molar-refractivity contribution in [2.45, 2.75) is 38.4 Å². The largest absolute Gasteiger partial charge is 0.496 e. The molecule has 17 heavy (non-hydrogen) atoms. The first-order chi connectivity index (χ1) is 8.05. The highest BCUT2D eigenvalue weighted by Crippen LogP contribution is 2.39. The monoisotopic (exact) mass is 236 g/mol. The second-order valence-electron chi connectivity index (χ2n) is 4.93. The molecule has 2 unspecified atom stereocenters. The molecular formula is C14H20O3. The van der Waals surface area contributed by atoms with Gasteiger partial charge >= 0.3 is 0 Å². The summed E-state index contributed by atoms with van der Waals surface area (Å²) in [4.78, 5) is 0. The van der Waals surface area contributed by atoms with Crippen molar-refractivity contribution in [1.82, 2.24) is 0 Å². The summed E-state index contributed by atoms with van der Waals surface area (Å²) in [6.45, 7) is 4.66. The second kappa shape index (κ2) is 4.67. The van der Waals surface area contributed by atoms with Crippen molar-refractivity contribution in [2.24, 2.45) is 0 Å². The lowest BCUT2D eigenvalue weighted by Gasteiger charge is -2.37. The van der Waals surface area contributed by atoms with Gasteiger partial charge in [-0.2, -0.15) is 0 Å². The molecule has 0 bridgehead atoms. The molecule has 2 atom stereocenters. The number of rotatable bonds is 2. The van der Waals surface area contributed by atoms with Gasteiger partial charge in [0.2, 0.25) is 0 Å². The van der Waals surface area contributed by atoms with Crippen LogP contribution in [0.4, 0.5) is 0 Å². The molecule has 0 amide bonds. The number of aliphatic hydroxyl groups excluding tert-OH is 1. The Labute approximate surface area is 102 Å². The summed E-state index contributed by atoms with van der Waals surface area (Å²) in [5.41, 5.74) is 1.75. The first kappa shape index (κ1) is 12.4. The highest BCUT2D eigenvalue weighted by molar-refractivity contribution is 5.41. The van der Waals surface area contributed by atoms with Crippen molar-refractivity contribution in [3.63, 3.8) is 0 Å². The van der Waals surface area contributed by atoms with Crippen LogP contribution in [0.2, 0.25) is 0 Å². The zero-order valence-corrected chi connectivity index (χ0v) is 10.7. The molecule has 3 nitrogen and oxygen atoms in total. The molecule has 3 heteroatoms.